The van der Waals surface area contributed by atoms with Crippen molar-refractivity contribution in [3.05, 3.63) is 35.4 Å². The minimum absolute atomic E-state index is 0.194. The van der Waals surface area contributed by atoms with E-state index in [1.165, 1.54) is 38.5 Å². The average molecular weight is 537 g/mol. The number of aliphatic hydroxyl groups excluding tert-OH is 2. The maximum Gasteiger partial charge on any atom is 0.335 e. The Morgan fingerprint density at radius 2 is 1.72 bits per heavy atom. The number of fused-ring (bicyclic) bond motifs is 6. The van der Waals surface area contributed by atoms with Gasteiger partial charge in [-0.2, -0.15) is 0 Å². The molecule has 0 aliphatic heterocycles. The molecule has 216 valence electrons. The summed E-state index contributed by atoms with van der Waals surface area (Å²) in [5.74, 6) is 3.89. The first kappa shape index (κ1) is 27.8. The van der Waals surface area contributed by atoms with E-state index in [9.17, 15) is 20.1 Å². The first-order valence-corrected chi connectivity index (χ1v) is 16.3. The van der Waals surface area contributed by atoms with E-state index in [1.807, 2.05) is 18.2 Å². The topological polar surface area (TPSA) is 77.8 Å². The average Bonchev–Trinajstić information content (AvgIpc) is 3.63. The van der Waals surface area contributed by atoms with Crippen molar-refractivity contribution in [1.29, 1.82) is 0 Å². The lowest BCUT2D eigenvalue weighted by Crippen LogP contribution is -2.47. The van der Waals surface area contributed by atoms with Gasteiger partial charge >= 0.3 is 5.97 Å². The minimum atomic E-state index is -0.803. The van der Waals surface area contributed by atoms with Crippen LogP contribution in [0.3, 0.4) is 0 Å². The van der Waals surface area contributed by atoms with Crippen molar-refractivity contribution in [2.45, 2.75) is 116 Å². The van der Waals surface area contributed by atoms with Gasteiger partial charge in [0.05, 0.1) is 17.8 Å². The molecule has 5 aliphatic carbocycles. The zero-order valence-electron chi connectivity index (χ0n) is 24.7. The molecule has 4 nitrogen and oxygen atoms in total. The molecule has 1 aromatic carbocycles. The van der Waals surface area contributed by atoms with Gasteiger partial charge < -0.3 is 15.3 Å². The van der Waals surface area contributed by atoms with E-state index >= 15 is 0 Å². The fourth-order valence-electron chi connectivity index (χ4n) is 11.5. The van der Waals surface area contributed by atoms with Crippen LogP contribution in [-0.4, -0.2) is 33.5 Å². The highest BCUT2D eigenvalue weighted by molar-refractivity contribution is 5.89. The highest BCUT2D eigenvalue weighted by Crippen LogP contribution is 2.67. The quantitative estimate of drug-likeness (QED) is 0.351. The summed E-state index contributed by atoms with van der Waals surface area (Å²) in [6, 6.07) is 7.62. The molecule has 4 heteroatoms. The van der Waals surface area contributed by atoms with E-state index in [-0.39, 0.29) is 23.0 Å². The number of aromatic carboxylic acids is 1. The van der Waals surface area contributed by atoms with Gasteiger partial charge in [-0.15, -0.1) is 0 Å². The first-order valence-electron chi connectivity index (χ1n) is 16.3. The third kappa shape index (κ3) is 4.51. The molecule has 39 heavy (non-hydrogen) atoms. The van der Waals surface area contributed by atoms with Crippen molar-refractivity contribution < 1.29 is 20.1 Å². The molecule has 0 heterocycles. The summed E-state index contributed by atoms with van der Waals surface area (Å²) in [7, 11) is 0. The first-order chi connectivity index (χ1) is 18.6. The zero-order chi connectivity index (χ0) is 27.7. The lowest BCUT2D eigenvalue weighted by Gasteiger charge is -2.51. The molecule has 0 saturated heterocycles. The predicted octanol–water partition coefficient (Wildman–Crippen LogP) is 7.53. The van der Waals surface area contributed by atoms with Crippen molar-refractivity contribution in [3.63, 3.8) is 0 Å². The standard InChI is InChI=1S/C35H52O4/c1-5-24-31-19-23(36)13-15-34(31,3)22-12-14-35(4)29(10-11-30(35)28(18-22)32(24)37)20(2)16-21-17-27(21)25-8-6-7-9-26(25)33(38)39/h6-9,20-24,27-32,36-37H,5,10-19H2,1-4H3,(H,38,39)/t20-,21?,22+,23-,24-,27?,28-,29-,30?,31+,32-,34-,35-/m1/s1. The second-order valence-electron chi connectivity index (χ2n) is 15.2. The predicted molar refractivity (Wildman–Crippen MR) is 154 cm³/mol. The molecule has 3 unspecified atom stereocenters. The third-order valence-corrected chi connectivity index (χ3v) is 13.6. The number of aliphatic hydroxyl groups is 2. The monoisotopic (exact) mass is 536 g/mol. The molecule has 5 saturated carbocycles. The maximum absolute atomic E-state index is 12.1. The molecule has 5 aliphatic rings. The zero-order valence-corrected chi connectivity index (χ0v) is 24.7. The smallest absolute Gasteiger partial charge is 0.335 e. The van der Waals surface area contributed by atoms with Crippen LogP contribution < -0.4 is 0 Å². The SMILES string of the molecule is CC[C@H]1[C@@H](O)[C@@H]2C[C@H](CC[C@@]3(C)C2CC[C@@H]3[C@H](C)CC2CC2c2ccccc2C(=O)O)[C@@]2(C)CC[C@@H](O)C[C@@H]12. The molecule has 3 N–H and O–H groups in total. The van der Waals surface area contributed by atoms with Gasteiger partial charge in [0.25, 0.3) is 0 Å². The molecule has 0 aromatic heterocycles. The van der Waals surface area contributed by atoms with Gasteiger partial charge in [0.15, 0.2) is 0 Å². The van der Waals surface area contributed by atoms with E-state index in [0.717, 1.165) is 37.7 Å². The summed E-state index contributed by atoms with van der Waals surface area (Å²) in [6.45, 7) is 9.86. The Labute approximate surface area is 236 Å². The molecule has 0 radical (unpaired) electrons. The van der Waals surface area contributed by atoms with Crippen molar-refractivity contribution in [2.75, 3.05) is 0 Å². The van der Waals surface area contributed by atoms with Crippen LogP contribution in [0.5, 0.6) is 0 Å². The number of hydrogen-bond acceptors (Lipinski definition) is 3. The van der Waals surface area contributed by atoms with Gasteiger partial charge in [-0.05, 0) is 140 Å². The Morgan fingerprint density at radius 3 is 2.46 bits per heavy atom. The minimum Gasteiger partial charge on any atom is -0.478 e. The van der Waals surface area contributed by atoms with Crippen LogP contribution in [0.4, 0.5) is 0 Å². The lowest BCUT2D eigenvalue weighted by atomic mass is 9.55. The molecule has 2 bridgehead atoms. The highest BCUT2D eigenvalue weighted by atomic mass is 16.4. The fraction of sp³-hybridized carbons (Fsp3) is 0.800. The second kappa shape index (κ2) is 10.2. The van der Waals surface area contributed by atoms with E-state index in [2.05, 4.69) is 27.7 Å². The van der Waals surface area contributed by atoms with Gasteiger partial charge in [-0.3, -0.25) is 0 Å². The Bertz CT molecular complexity index is 1070. The van der Waals surface area contributed by atoms with Gasteiger partial charge in [-0.1, -0.05) is 52.3 Å². The van der Waals surface area contributed by atoms with Crippen molar-refractivity contribution in [1.82, 2.24) is 0 Å². The molecule has 1 aromatic rings. The molecular formula is C35H52O4. The highest BCUT2D eigenvalue weighted by Gasteiger charge is 2.60. The van der Waals surface area contributed by atoms with Crippen LogP contribution in [0.25, 0.3) is 0 Å². The Kier molecular flexibility index (Phi) is 7.23. The molecule has 6 rings (SSSR count). The number of benzene rings is 1. The Morgan fingerprint density at radius 1 is 0.974 bits per heavy atom. The summed E-state index contributed by atoms with van der Waals surface area (Å²) in [5, 5.41) is 32.4. The summed E-state index contributed by atoms with van der Waals surface area (Å²) in [6.07, 6.45) is 12.1. The molecule has 5 fully saturated rings. The molecule has 0 spiro atoms. The van der Waals surface area contributed by atoms with Crippen LogP contribution >= 0.6 is 0 Å². The largest absolute Gasteiger partial charge is 0.478 e. The summed E-state index contributed by atoms with van der Waals surface area (Å²) in [5.41, 5.74) is 2.04. The van der Waals surface area contributed by atoms with Gasteiger partial charge in [0.1, 0.15) is 0 Å². The van der Waals surface area contributed by atoms with E-state index in [1.54, 1.807) is 6.07 Å². The third-order valence-electron chi connectivity index (χ3n) is 13.6. The fourth-order valence-corrected chi connectivity index (χ4v) is 11.5. The summed E-state index contributed by atoms with van der Waals surface area (Å²) in [4.78, 5) is 11.8. The van der Waals surface area contributed by atoms with Gasteiger partial charge in [-0.25, -0.2) is 4.79 Å². The van der Waals surface area contributed by atoms with Crippen molar-refractivity contribution in [2.24, 2.45) is 58.2 Å². The van der Waals surface area contributed by atoms with Crippen LogP contribution in [0.15, 0.2) is 24.3 Å². The normalized spacial score (nSPS) is 47.8. The van der Waals surface area contributed by atoms with Gasteiger partial charge in [0, 0.05) is 0 Å². The number of hydrogen-bond donors (Lipinski definition) is 3. The number of rotatable bonds is 6. The maximum atomic E-state index is 12.1. The Hall–Kier alpha value is -1.39. The van der Waals surface area contributed by atoms with E-state index < -0.39 is 5.97 Å². The van der Waals surface area contributed by atoms with Gasteiger partial charge in [0.2, 0.25) is 0 Å². The summed E-state index contributed by atoms with van der Waals surface area (Å²) < 4.78 is 0. The van der Waals surface area contributed by atoms with Crippen LogP contribution in [0.1, 0.15) is 120 Å². The Balaban J connectivity index is 1.22. The van der Waals surface area contributed by atoms with Crippen molar-refractivity contribution in [3.8, 4) is 0 Å². The second-order valence-corrected chi connectivity index (χ2v) is 15.2. The van der Waals surface area contributed by atoms with E-state index in [0.29, 0.717) is 58.8 Å². The van der Waals surface area contributed by atoms with Crippen LogP contribution in [-0.2, 0) is 0 Å². The molecule has 13 atom stereocenters. The summed E-state index contributed by atoms with van der Waals surface area (Å²) >= 11 is 0. The molecule has 0 amide bonds. The number of carbonyl (C=O) groups is 1. The number of carboxylic acids is 1. The van der Waals surface area contributed by atoms with Crippen molar-refractivity contribution >= 4 is 5.97 Å². The van der Waals surface area contributed by atoms with Crippen LogP contribution in [0, 0.1) is 58.2 Å². The van der Waals surface area contributed by atoms with E-state index in [4.69, 9.17) is 0 Å². The lowest BCUT2D eigenvalue weighted by molar-refractivity contribution is -0.0777. The van der Waals surface area contributed by atoms with Crippen LogP contribution in [0.2, 0.25) is 0 Å². The molecular weight excluding hydrogens is 484 g/mol. The number of carboxylic acid groups (broad SMARTS) is 1.